The maximum absolute atomic E-state index is 3.67. The maximum atomic E-state index is 3.67. The molecule has 0 saturated carbocycles. The van der Waals surface area contributed by atoms with Gasteiger partial charge in [-0.1, -0.05) is 6.08 Å². The second-order valence-electron chi connectivity index (χ2n) is 1.92. The molecule has 0 radical (unpaired) electrons. The summed E-state index contributed by atoms with van der Waals surface area (Å²) in [6.45, 7) is 4.51. The predicted molar refractivity (Wildman–Crippen MR) is 62.9 cm³/mol. The zero-order chi connectivity index (χ0) is 8.85. The summed E-state index contributed by atoms with van der Waals surface area (Å²) in [6, 6.07) is 0.339. The highest BCUT2D eigenvalue weighted by Crippen LogP contribution is 2.19. The summed E-state index contributed by atoms with van der Waals surface area (Å²) in [6.07, 6.45) is 2.79. The smallest absolute Gasteiger partial charge is 0.0501 e. The largest absolute Gasteiger partial charge is 0.176 e. The van der Waals surface area contributed by atoms with Gasteiger partial charge in [0.05, 0.1) is 6.04 Å². The van der Waals surface area contributed by atoms with E-state index in [1.807, 2.05) is 6.08 Å². The second-order valence-corrected chi connectivity index (χ2v) is 7.07. The molecule has 0 fully saturated rings. The Morgan fingerprint density at radius 1 is 1.27 bits per heavy atom. The molecule has 0 aliphatic heterocycles. The summed E-state index contributed by atoms with van der Waals surface area (Å²) in [5, 5.41) is 0. The van der Waals surface area contributed by atoms with Gasteiger partial charge < -0.3 is 0 Å². The third-order valence-electron chi connectivity index (χ3n) is 1.06. The molecule has 0 amide bonds. The van der Waals surface area contributed by atoms with Crippen LogP contribution < -0.4 is 0 Å². The summed E-state index contributed by atoms with van der Waals surface area (Å²) in [4.78, 5) is 0. The van der Waals surface area contributed by atoms with Crippen molar-refractivity contribution in [2.24, 2.45) is 0 Å². The van der Waals surface area contributed by atoms with E-state index in [9.17, 15) is 0 Å². The van der Waals surface area contributed by atoms with Crippen LogP contribution in [0, 0.1) is 0 Å². The van der Waals surface area contributed by atoms with Crippen molar-refractivity contribution in [1.82, 2.24) is 5.90 Å². The van der Waals surface area contributed by atoms with Crippen molar-refractivity contribution in [3.05, 3.63) is 12.7 Å². The molecule has 11 heavy (non-hydrogen) atoms. The van der Waals surface area contributed by atoms with Gasteiger partial charge in [-0.15, -0.1) is 6.58 Å². The topological polar surface area (TPSA) is 6.48 Å². The summed E-state index contributed by atoms with van der Waals surface area (Å²) in [5.41, 5.74) is 0. The third kappa shape index (κ3) is 6.72. The number of hydrogen-bond donors (Lipinski definition) is 0. The fourth-order valence-corrected chi connectivity index (χ4v) is 1.83. The maximum Gasteiger partial charge on any atom is 0.0501 e. The Kier molecular flexibility index (Phi) is 8.04. The second kappa shape index (κ2) is 7.03. The Hall–Kier alpha value is 1.58. The molecule has 1 atom stereocenters. The van der Waals surface area contributed by atoms with Crippen LogP contribution in [0.1, 0.15) is 6.42 Å². The minimum absolute atomic E-state index is 0.339. The first kappa shape index (κ1) is 12.6. The Labute approximate surface area is 101 Å². The summed E-state index contributed by atoms with van der Waals surface area (Å²) in [7, 11) is 0. The Bertz CT molecular complexity index is 117. The van der Waals surface area contributed by atoms with Crippen LogP contribution in [-0.4, -0.2) is 18.5 Å². The lowest BCUT2D eigenvalue weighted by Gasteiger charge is -2.19. The summed E-state index contributed by atoms with van der Waals surface area (Å²) < 4.78 is 3.57. The van der Waals surface area contributed by atoms with Crippen molar-refractivity contribution >= 4 is 64.6 Å². The standard InChI is InChI=1S/C5H8Br4N2/c1-2-3-5(11(8)9)4-10(6)7/h2,5H,1,3-4H2. The van der Waals surface area contributed by atoms with Crippen LogP contribution >= 0.6 is 64.6 Å². The molecule has 0 heterocycles. The van der Waals surface area contributed by atoms with Crippen LogP contribution in [0.15, 0.2) is 12.7 Å². The van der Waals surface area contributed by atoms with E-state index < -0.39 is 0 Å². The third-order valence-corrected chi connectivity index (χ3v) is 2.80. The first-order chi connectivity index (χ1) is 5.07. The van der Waals surface area contributed by atoms with Gasteiger partial charge in [-0.05, 0) is 6.42 Å². The van der Waals surface area contributed by atoms with Crippen LogP contribution in [0.4, 0.5) is 0 Å². The van der Waals surface area contributed by atoms with Crippen LogP contribution in [0.3, 0.4) is 0 Å². The van der Waals surface area contributed by atoms with E-state index in [2.05, 4.69) is 71.2 Å². The fourth-order valence-electron chi connectivity index (χ4n) is 0.568. The van der Waals surface area contributed by atoms with Gasteiger partial charge in [0.2, 0.25) is 0 Å². The minimum Gasteiger partial charge on any atom is -0.176 e. The molecule has 0 N–H and O–H groups in total. The highest BCUT2D eigenvalue weighted by atomic mass is 79.9. The Balaban J connectivity index is 3.78. The quantitative estimate of drug-likeness (QED) is 0.498. The number of hydrogen-bond acceptors (Lipinski definition) is 2. The van der Waals surface area contributed by atoms with Gasteiger partial charge in [-0.25, -0.2) is 0 Å². The first-order valence-corrected chi connectivity index (χ1v) is 5.72. The fraction of sp³-hybridized carbons (Fsp3) is 0.600. The number of nitrogens with zero attached hydrogens (tertiary/aromatic N) is 2. The van der Waals surface area contributed by atoms with E-state index in [1.54, 1.807) is 5.90 Å². The highest BCUT2D eigenvalue weighted by molar-refractivity contribution is 9.21. The zero-order valence-corrected chi connectivity index (χ0v) is 12.0. The summed E-state index contributed by atoms with van der Waals surface area (Å²) >= 11 is 13.1. The van der Waals surface area contributed by atoms with E-state index in [4.69, 9.17) is 0 Å². The van der Waals surface area contributed by atoms with E-state index in [0.29, 0.717) is 6.04 Å². The normalized spacial score (nSPS) is 14.0. The molecule has 0 aromatic carbocycles. The van der Waals surface area contributed by atoms with Crippen LogP contribution in [0.25, 0.3) is 0 Å². The molecule has 66 valence electrons. The average molecular weight is 416 g/mol. The van der Waals surface area contributed by atoms with Crippen LogP contribution in [-0.2, 0) is 0 Å². The van der Waals surface area contributed by atoms with Gasteiger partial charge >= 0.3 is 0 Å². The molecule has 0 aromatic heterocycles. The van der Waals surface area contributed by atoms with E-state index in [1.165, 1.54) is 0 Å². The molecule has 1 unspecified atom stereocenters. The Morgan fingerprint density at radius 2 is 1.82 bits per heavy atom. The number of halogens is 4. The minimum atomic E-state index is 0.339. The van der Waals surface area contributed by atoms with Crippen molar-refractivity contribution in [3.63, 3.8) is 0 Å². The van der Waals surface area contributed by atoms with Crippen molar-refractivity contribution in [3.8, 4) is 0 Å². The molecule has 0 spiro atoms. The van der Waals surface area contributed by atoms with Gasteiger partial charge in [0.1, 0.15) is 0 Å². The van der Waals surface area contributed by atoms with Crippen molar-refractivity contribution in [1.29, 1.82) is 0 Å². The predicted octanol–water partition coefficient (Wildman–Crippen LogP) is 3.77. The van der Waals surface area contributed by atoms with Gasteiger partial charge in [0.15, 0.2) is 0 Å². The molecule has 0 aliphatic rings. The van der Waals surface area contributed by atoms with E-state index in [-0.39, 0.29) is 0 Å². The molecular formula is C5H8Br4N2. The molecule has 0 saturated heterocycles. The molecule has 0 aliphatic carbocycles. The van der Waals surface area contributed by atoms with Gasteiger partial charge in [-0.3, -0.25) is 0 Å². The highest BCUT2D eigenvalue weighted by Gasteiger charge is 2.14. The molecular weight excluding hydrogens is 408 g/mol. The monoisotopic (exact) mass is 412 g/mol. The van der Waals surface area contributed by atoms with Crippen molar-refractivity contribution in [2.75, 3.05) is 6.54 Å². The number of rotatable bonds is 5. The van der Waals surface area contributed by atoms with Crippen molar-refractivity contribution < 1.29 is 0 Å². The van der Waals surface area contributed by atoms with E-state index in [0.717, 1.165) is 13.0 Å². The molecule has 6 heteroatoms. The van der Waals surface area contributed by atoms with Crippen LogP contribution in [0.5, 0.6) is 0 Å². The molecule has 0 rings (SSSR count). The zero-order valence-electron chi connectivity index (χ0n) is 5.68. The average Bonchev–Trinajstić information content (AvgIpc) is 1.86. The lowest BCUT2D eigenvalue weighted by Crippen LogP contribution is -2.26. The Morgan fingerprint density at radius 3 is 2.09 bits per heavy atom. The van der Waals surface area contributed by atoms with Crippen LogP contribution in [0.2, 0.25) is 0 Å². The van der Waals surface area contributed by atoms with E-state index >= 15 is 0 Å². The lowest BCUT2D eigenvalue weighted by molar-refractivity contribution is 0.493. The molecule has 0 bridgehead atoms. The molecule has 0 aromatic rings. The van der Waals surface area contributed by atoms with Crippen molar-refractivity contribution in [2.45, 2.75) is 12.5 Å². The lowest BCUT2D eigenvalue weighted by atomic mass is 10.2. The first-order valence-electron chi connectivity index (χ1n) is 2.88. The van der Waals surface area contributed by atoms with Gasteiger partial charge in [-0.2, -0.15) is 5.90 Å². The SMILES string of the molecule is C=CCC(CN(Br)Br)N(Br)Br. The van der Waals surface area contributed by atoms with Gasteiger partial charge in [0.25, 0.3) is 0 Å². The van der Waals surface area contributed by atoms with Gasteiger partial charge in [0, 0.05) is 71.1 Å². The summed E-state index contributed by atoms with van der Waals surface area (Å²) in [5.74, 6) is 0. The molecule has 2 nitrogen and oxygen atoms in total.